The van der Waals surface area contributed by atoms with E-state index in [0.717, 1.165) is 37.4 Å². The zero-order chi connectivity index (χ0) is 20.2. The van der Waals surface area contributed by atoms with E-state index >= 15 is 0 Å². The summed E-state index contributed by atoms with van der Waals surface area (Å²) in [6.07, 6.45) is -0.0356. The number of benzene rings is 2. The lowest BCUT2D eigenvalue weighted by atomic mass is 9.92. The van der Waals surface area contributed by atoms with Crippen molar-refractivity contribution >= 4 is 17.3 Å². The van der Waals surface area contributed by atoms with Crippen molar-refractivity contribution in [3.63, 3.8) is 0 Å². The number of piperazine rings is 1. The largest absolute Gasteiger partial charge is 0.491 e. The predicted molar refractivity (Wildman–Crippen MR) is 115 cm³/mol. The van der Waals surface area contributed by atoms with Crippen molar-refractivity contribution in [2.24, 2.45) is 0 Å². The second kappa shape index (κ2) is 8.84. The lowest BCUT2D eigenvalue weighted by Crippen LogP contribution is -2.49. The zero-order valence-electron chi connectivity index (χ0n) is 16.9. The molecule has 2 unspecified atom stereocenters. The van der Waals surface area contributed by atoms with E-state index < -0.39 is 6.10 Å². The van der Waals surface area contributed by atoms with Gasteiger partial charge in [-0.15, -0.1) is 0 Å². The molecule has 0 saturated carbocycles. The Kier molecular flexibility index (Phi) is 6.02. The molecule has 1 amide bonds. The SMILES string of the molecule is CC1CC(=O)Nc2cc(OCC(O)CN3CCN(c4ccccc4)CC3)ccc21. The number of ether oxygens (including phenoxy) is 1. The van der Waals surface area contributed by atoms with Gasteiger partial charge in [-0.1, -0.05) is 31.2 Å². The molecule has 2 atom stereocenters. The van der Waals surface area contributed by atoms with Gasteiger partial charge >= 0.3 is 0 Å². The van der Waals surface area contributed by atoms with Crippen LogP contribution in [0, 0.1) is 0 Å². The van der Waals surface area contributed by atoms with Crippen LogP contribution in [0.3, 0.4) is 0 Å². The maximum atomic E-state index is 11.7. The third kappa shape index (κ3) is 4.89. The first kappa shape index (κ1) is 19.7. The van der Waals surface area contributed by atoms with E-state index in [-0.39, 0.29) is 18.4 Å². The minimum Gasteiger partial charge on any atom is -0.491 e. The molecule has 6 heteroatoms. The van der Waals surface area contributed by atoms with Crippen LogP contribution in [0.25, 0.3) is 0 Å². The number of para-hydroxylation sites is 1. The Labute approximate surface area is 172 Å². The molecule has 0 aliphatic carbocycles. The van der Waals surface area contributed by atoms with Crippen LogP contribution < -0.4 is 15.0 Å². The summed E-state index contributed by atoms with van der Waals surface area (Å²) in [4.78, 5) is 16.4. The van der Waals surface area contributed by atoms with E-state index in [1.807, 2.05) is 24.3 Å². The highest BCUT2D eigenvalue weighted by molar-refractivity contribution is 5.94. The number of β-amino-alcohol motifs (C(OH)–C–C–N with tert-alkyl or cyclic N) is 1. The predicted octanol–water partition coefficient (Wildman–Crippen LogP) is 2.69. The first-order chi connectivity index (χ1) is 14.1. The molecular formula is C23H29N3O3. The Morgan fingerprint density at radius 2 is 1.90 bits per heavy atom. The minimum absolute atomic E-state index is 0.0387. The lowest BCUT2D eigenvalue weighted by molar-refractivity contribution is -0.116. The second-order valence-corrected chi connectivity index (χ2v) is 7.99. The number of aliphatic hydroxyl groups excluding tert-OH is 1. The molecular weight excluding hydrogens is 366 g/mol. The Morgan fingerprint density at radius 1 is 1.14 bits per heavy atom. The Morgan fingerprint density at radius 3 is 2.66 bits per heavy atom. The van der Waals surface area contributed by atoms with Crippen molar-refractivity contribution in [1.29, 1.82) is 0 Å². The number of amides is 1. The molecule has 2 aromatic rings. The summed E-state index contributed by atoms with van der Waals surface area (Å²) in [5, 5.41) is 13.3. The summed E-state index contributed by atoms with van der Waals surface area (Å²) in [5.41, 5.74) is 3.21. The van der Waals surface area contributed by atoms with Crippen molar-refractivity contribution in [2.45, 2.75) is 25.4 Å². The molecule has 1 saturated heterocycles. The molecule has 0 aromatic heterocycles. The molecule has 154 valence electrons. The van der Waals surface area contributed by atoms with Crippen LogP contribution in [0.5, 0.6) is 5.75 Å². The number of carbonyl (C=O) groups excluding carboxylic acids is 1. The highest BCUT2D eigenvalue weighted by Crippen LogP contribution is 2.34. The molecule has 6 nitrogen and oxygen atoms in total. The van der Waals surface area contributed by atoms with Gasteiger partial charge in [0, 0.05) is 56.6 Å². The van der Waals surface area contributed by atoms with Crippen LogP contribution in [0.4, 0.5) is 11.4 Å². The van der Waals surface area contributed by atoms with Gasteiger partial charge in [0.15, 0.2) is 0 Å². The summed E-state index contributed by atoms with van der Waals surface area (Å²) in [7, 11) is 0. The van der Waals surface area contributed by atoms with Crippen LogP contribution in [0.1, 0.15) is 24.8 Å². The number of aliphatic hydroxyl groups is 1. The summed E-state index contributed by atoms with van der Waals surface area (Å²) >= 11 is 0. The smallest absolute Gasteiger partial charge is 0.224 e. The number of anilines is 2. The fourth-order valence-corrected chi connectivity index (χ4v) is 4.12. The third-order valence-corrected chi connectivity index (χ3v) is 5.73. The molecule has 0 radical (unpaired) electrons. The topological polar surface area (TPSA) is 65.0 Å². The van der Waals surface area contributed by atoms with Gasteiger partial charge in [-0.25, -0.2) is 0 Å². The second-order valence-electron chi connectivity index (χ2n) is 7.99. The Bertz CT molecular complexity index is 835. The highest BCUT2D eigenvalue weighted by atomic mass is 16.5. The number of hydrogen-bond acceptors (Lipinski definition) is 5. The van der Waals surface area contributed by atoms with Crippen molar-refractivity contribution in [1.82, 2.24) is 4.90 Å². The molecule has 2 aliphatic rings. The van der Waals surface area contributed by atoms with Gasteiger partial charge in [0.1, 0.15) is 18.5 Å². The van der Waals surface area contributed by atoms with E-state index in [9.17, 15) is 9.90 Å². The van der Waals surface area contributed by atoms with Crippen LogP contribution in [-0.4, -0.2) is 61.3 Å². The van der Waals surface area contributed by atoms with E-state index in [0.29, 0.717) is 18.7 Å². The van der Waals surface area contributed by atoms with Crippen LogP contribution in [0.2, 0.25) is 0 Å². The summed E-state index contributed by atoms with van der Waals surface area (Å²) in [6.45, 7) is 6.66. The molecule has 2 heterocycles. The number of fused-ring (bicyclic) bond motifs is 1. The first-order valence-electron chi connectivity index (χ1n) is 10.4. The molecule has 4 rings (SSSR count). The summed E-state index contributed by atoms with van der Waals surface area (Å²) in [5.74, 6) is 0.927. The highest BCUT2D eigenvalue weighted by Gasteiger charge is 2.23. The van der Waals surface area contributed by atoms with Gasteiger partial charge in [0.05, 0.1) is 0 Å². The average molecular weight is 396 g/mol. The van der Waals surface area contributed by atoms with Crippen LogP contribution in [-0.2, 0) is 4.79 Å². The molecule has 0 spiro atoms. The number of hydrogen-bond donors (Lipinski definition) is 2. The number of carbonyl (C=O) groups is 1. The normalized spacial score (nSPS) is 20.7. The van der Waals surface area contributed by atoms with E-state index in [2.05, 4.69) is 46.3 Å². The number of nitrogens with zero attached hydrogens (tertiary/aromatic N) is 2. The number of nitrogens with one attached hydrogen (secondary N) is 1. The Balaban J connectivity index is 1.24. The van der Waals surface area contributed by atoms with Gasteiger partial charge in [0.25, 0.3) is 0 Å². The van der Waals surface area contributed by atoms with Crippen LogP contribution >= 0.6 is 0 Å². The standard InChI is InChI=1S/C23H29N3O3/c1-17-13-23(28)24-22-14-20(7-8-21(17)22)29-16-19(27)15-25-9-11-26(12-10-25)18-5-3-2-4-6-18/h2-8,14,17,19,27H,9-13,15-16H2,1H3,(H,24,28). The minimum atomic E-state index is -0.553. The average Bonchev–Trinajstić information content (AvgIpc) is 2.73. The van der Waals surface area contributed by atoms with Crippen molar-refractivity contribution < 1.29 is 14.6 Å². The van der Waals surface area contributed by atoms with E-state index in [1.54, 1.807) is 0 Å². The molecule has 2 N–H and O–H groups in total. The molecule has 29 heavy (non-hydrogen) atoms. The fourth-order valence-electron chi connectivity index (χ4n) is 4.12. The summed E-state index contributed by atoms with van der Waals surface area (Å²) in [6, 6.07) is 16.2. The maximum Gasteiger partial charge on any atom is 0.224 e. The quantitative estimate of drug-likeness (QED) is 0.787. The van der Waals surface area contributed by atoms with Gasteiger partial charge in [-0.05, 0) is 29.7 Å². The van der Waals surface area contributed by atoms with Crippen molar-refractivity contribution in [3.8, 4) is 5.75 Å². The van der Waals surface area contributed by atoms with E-state index in [1.165, 1.54) is 5.69 Å². The molecule has 2 aromatic carbocycles. The molecule has 0 bridgehead atoms. The zero-order valence-corrected chi connectivity index (χ0v) is 16.9. The first-order valence-corrected chi connectivity index (χ1v) is 10.4. The van der Waals surface area contributed by atoms with Gasteiger partial charge in [-0.3, -0.25) is 9.69 Å². The lowest BCUT2D eigenvalue weighted by Gasteiger charge is -2.36. The van der Waals surface area contributed by atoms with Gasteiger partial charge in [0.2, 0.25) is 5.91 Å². The Hall–Kier alpha value is -2.57. The van der Waals surface area contributed by atoms with E-state index in [4.69, 9.17) is 4.74 Å². The summed E-state index contributed by atoms with van der Waals surface area (Å²) < 4.78 is 5.80. The van der Waals surface area contributed by atoms with Gasteiger partial charge < -0.3 is 20.1 Å². The third-order valence-electron chi connectivity index (χ3n) is 5.73. The molecule has 1 fully saturated rings. The number of rotatable bonds is 6. The van der Waals surface area contributed by atoms with Crippen molar-refractivity contribution in [3.05, 3.63) is 54.1 Å². The monoisotopic (exact) mass is 395 g/mol. The molecule has 2 aliphatic heterocycles. The maximum absolute atomic E-state index is 11.7. The fraction of sp³-hybridized carbons (Fsp3) is 0.435. The van der Waals surface area contributed by atoms with Crippen molar-refractivity contribution in [2.75, 3.05) is 49.5 Å². The van der Waals surface area contributed by atoms with Gasteiger partial charge in [-0.2, -0.15) is 0 Å². The van der Waals surface area contributed by atoms with Crippen LogP contribution in [0.15, 0.2) is 48.5 Å².